The summed E-state index contributed by atoms with van der Waals surface area (Å²) in [5, 5.41) is 11.5. The number of rotatable bonds is 3. The Morgan fingerprint density at radius 1 is 1.21 bits per heavy atom. The van der Waals surface area contributed by atoms with Crippen LogP contribution in [0.3, 0.4) is 0 Å². The van der Waals surface area contributed by atoms with Crippen LogP contribution < -0.4 is 5.32 Å². The van der Waals surface area contributed by atoms with E-state index in [4.69, 9.17) is 0 Å². The van der Waals surface area contributed by atoms with Gasteiger partial charge in [0.15, 0.2) is 0 Å². The van der Waals surface area contributed by atoms with Gasteiger partial charge in [0.1, 0.15) is 0 Å². The molecule has 3 heteroatoms. The van der Waals surface area contributed by atoms with Crippen LogP contribution in [-0.2, 0) is 0 Å². The molecule has 1 heterocycles. The molecule has 1 atom stereocenters. The summed E-state index contributed by atoms with van der Waals surface area (Å²) in [5.74, 6) is 0.558. The van der Waals surface area contributed by atoms with Gasteiger partial charge in [-0.05, 0) is 38.4 Å². The lowest BCUT2D eigenvalue weighted by Gasteiger charge is -2.21. The molecule has 3 nitrogen and oxygen atoms in total. The smallest absolute Gasteiger partial charge is 0.0648 e. The molecule has 1 aromatic heterocycles. The van der Waals surface area contributed by atoms with Crippen LogP contribution in [0.2, 0.25) is 0 Å². The lowest BCUT2D eigenvalue weighted by molar-refractivity contribution is 0.438. The number of aromatic nitrogens is 2. The van der Waals surface area contributed by atoms with Crippen molar-refractivity contribution >= 4 is 0 Å². The van der Waals surface area contributed by atoms with Gasteiger partial charge in [-0.25, -0.2) is 0 Å². The fourth-order valence-corrected chi connectivity index (χ4v) is 1.73. The lowest BCUT2D eigenvalue weighted by Crippen LogP contribution is -2.23. The van der Waals surface area contributed by atoms with E-state index in [1.165, 1.54) is 5.56 Å². The van der Waals surface area contributed by atoms with Crippen LogP contribution in [0, 0.1) is 19.8 Å². The predicted octanol–water partition coefficient (Wildman–Crippen LogP) is 2.01. The Balaban J connectivity index is 3.08. The van der Waals surface area contributed by atoms with Crippen molar-refractivity contribution in [3.05, 3.63) is 23.0 Å². The zero-order chi connectivity index (χ0) is 10.7. The van der Waals surface area contributed by atoms with Gasteiger partial charge in [-0.15, -0.1) is 0 Å². The van der Waals surface area contributed by atoms with Gasteiger partial charge in [-0.2, -0.15) is 10.2 Å². The van der Waals surface area contributed by atoms with Gasteiger partial charge in [0.05, 0.1) is 11.4 Å². The number of hydrogen-bond acceptors (Lipinski definition) is 3. The summed E-state index contributed by atoms with van der Waals surface area (Å²) >= 11 is 0. The van der Waals surface area contributed by atoms with Crippen molar-refractivity contribution in [2.75, 3.05) is 7.05 Å². The molecular formula is C11H19N3. The molecule has 1 rings (SSSR count). The van der Waals surface area contributed by atoms with Crippen LogP contribution in [0.1, 0.15) is 36.8 Å². The molecule has 0 saturated carbocycles. The van der Waals surface area contributed by atoms with Crippen molar-refractivity contribution in [1.82, 2.24) is 15.5 Å². The molecule has 0 amide bonds. The molecule has 14 heavy (non-hydrogen) atoms. The fourth-order valence-electron chi connectivity index (χ4n) is 1.73. The van der Waals surface area contributed by atoms with Crippen molar-refractivity contribution in [2.45, 2.75) is 33.7 Å². The highest BCUT2D eigenvalue weighted by molar-refractivity contribution is 5.24. The highest BCUT2D eigenvalue weighted by atomic mass is 15.1. The Morgan fingerprint density at radius 3 is 2.36 bits per heavy atom. The standard InChI is InChI=1S/C11H19N3/c1-7(2)11(12-5)10-6-8(3)13-14-9(10)4/h6-7,11-12H,1-5H3. The van der Waals surface area contributed by atoms with E-state index < -0.39 is 0 Å². The SMILES string of the molecule is CNC(c1cc(C)nnc1C)C(C)C. The monoisotopic (exact) mass is 193 g/mol. The minimum absolute atomic E-state index is 0.365. The first-order chi connectivity index (χ1) is 6.56. The molecule has 1 aromatic rings. The topological polar surface area (TPSA) is 37.8 Å². The van der Waals surface area contributed by atoms with E-state index in [0.717, 1.165) is 11.4 Å². The van der Waals surface area contributed by atoms with E-state index in [1.807, 2.05) is 20.9 Å². The average Bonchev–Trinajstić information content (AvgIpc) is 2.11. The van der Waals surface area contributed by atoms with Gasteiger partial charge in [-0.1, -0.05) is 13.8 Å². The molecule has 0 aliphatic rings. The summed E-state index contributed by atoms with van der Waals surface area (Å²) in [5.41, 5.74) is 3.25. The molecule has 0 saturated heterocycles. The molecule has 1 unspecified atom stereocenters. The maximum absolute atomic E-state index is 4.14. The molecule has 78 valence electrons. The quantitative estimate of drug-likeness (QED) is 0.798. The van der Waals surface area contributed by atoms with Crippen molar-refractivity contribution < 1.29 is 0 Å². The van der Waals surface area contributed by atoms with Gasteiger partial charge >= 0.3 is 0 Å². The maximum Gasteiger partial charge on any atom is 0.0648 e. The van der Waals surface area contributed by atoms with Crippen molar-refractivity contribution in [2.24, 2.45) is 5.92 Å². The molecule has 0 spiro atoms. The van der Waals surface area contributed by atoms with Crippen LogP contribution in [0.4, 0.5) is 0 Å². The Labute approximate surface area is 85.9 Å². The summed E-state index contributed by atoms with van der Waals surface area (Å²) < 4.78 is 0. The largest absolute Gasteiger partial charge is 0.313 e. The first-order valence-electron chi connectivity index (χ1n) is 5.04. The average molecular weight is 193 g/mol. The fraction of sp³-hybridized carbons (Fsp3) is 0.636. The Bertz CT molecular complexity index is 307. The lowest BCUT2D eigenvalue weighted by atomic mass is 9.95. The van der Waals surface area contributed by atoms with Crippen LogP contribution in [-0.4, -0.2) is 17.2 Å². The molecule has 0 aromatic carbocycles. The summed E-state index contributed by atoms with van der Waals surface area (Å²) in [7, 11) is 1.99. The highest BCUT2D eigenvalue weighted by Gasteiger charge is 2.16. The van der Waals surface area contributed by atoms with E-state index in [0.29, 0.717) is 12.0 Å². The van der Waals surface area contributed by atoms with Crippen molar-refractivity contribution in [3.8, 4) is 0 Å². The number of aryl methyl sites for hydroxylation is 2. The maximum atomic E-state index is 4.14. The van der Waals surface area contributed by atoms with Crippen LogP contribution >= 0.6 is 0 Å². The Kier molecular flexibility index (Phi) is 3.58. The molecule has 0 aliphatic heterocycles. The minimum Gasteiger partial charge on any atom is -0.313 e. The third-order valence-corrected chi connectivity index (χ3v) is 2.45. The molecule has 0 bridgehead atoms. The first-order valence-corrected chi connectivity index (χ1v) is 5.04. The zero-order valence-electron chi connectivity index (χ0n) is 9.63. The number of hydrogen-bond donors (Lipinski definition) is 1. The van der Waals surface area contributed by atoms with E-state index in [9.17, 15) is 0 Å². The molecule has 0 aliphatic carbocycles. The van der Waals surface area contributed by atoms with Crippen LogP contribution in [0.25, 0.3) is 0 Å². The first kappa shape index (κ1) is 11.1. The van der Waals surface area contributed by atoms with Gasteiger partial charge in [0.2, 0.25) is 0 Å². The van der Waals surface area contributed by atoms with E-state index in [1.54, 1.807) is 0 Å². The number of nitrogens with one attached hydrogen (secondary N) is 1. The summed E-state index contributed by atoms with van der Waals surface area (Å²) in [6, 6.07) is 2.48. The van der Waals surface area contributed by atoms with E-state index >= 15 is 0 Å². The van der Waals surface area contributed by atoms with Crippen LogP contribution in [0.15, 0.2) is 6.07 Å². The second-order valence-corrected chi connectivity index (χ2v) is 4.04. The zero-order valence-corrected chi connectivity index (χ0v) is 9.63. The van der Waals surface area contributed by atoms with Gasteiger partial charge in [-0.3, -0.25) is 0 Å². The van der Waals surface area contributed by atoms with Gasteiger partial charge in [0.25, 0.3) is 0 Å². The van der Waals surface area contributed by atoms with Crippen molar-refractivity contribution in [1.29, 1.82) is 0 Å². The van der Waals surface area contributed by atoms with Crippen LogP contribution in [0.5, 0.6) is 0 Å². The number of nitrogens with zero attached hydrogens (tertiary/aromatic N) is 2. The summed E-state index contributed by atoms with van der Waals surface area (Å²) in [6.07, 6.45) is 0. The Morgan fingerprint density at radius 2 is 1.86 bits per heavy atom. The third-order valence-electron chi connectivity index (χ3n) is 2.45. The van der Waals surface area contributed by atoms with Gasteiger partial charge < -0.3 is 5.32 Å². The van der Waals surface area contributed by atoms with E-state index in [-0.39, 0.29) is 0 Å². The predicted molar refractivity (Wildman–Crippen MR) is 58.1 cm³/mol. The second-order valence-electron chi connectivity index (χ2n) is 4.04. The molecule has 1 N–H and O–H groups in total. The highest BCUT2D eigenvalue weighted by Crippen LogP contribution is 2.23. The summed E-state index contributed by atoms with van der Waals surface area (Å²) in [4.78, 5) is 0. The van der Waals surface area contributed by atoms with E-state index in [2.05, 4.69) is 35.4 Å². The second kappa shape index (κ2) is 4.51. The minimum atomic E-state index is 0.365. The summed E-state index contributed by atoms with van der Waals surface area (Å²) in [6.45, 7) is 8.39. The Hall–Kier alpha value is -0.960. The van der Waals surface area contributed by atoms with Crippen molar-refractivity contribution in [3.63, 3.8) is 0 Å². The molecular weight excluding hydrogens is 174 g/mol. The van der Waals surface area contributed by atoms with Gasteiger partial charge in [0, 0.05) is 6.04 Å². The normalized spacial score (nSPS) is 13.3. The molecule has 0 fully saturated rings. The third kappa shape index (κ3) is 2.29. The molecule has 0 radical (unpaired) electrons.